The average Bonchev–Trinajstić information content (AvgIpc) is 3.12. The number of hydrogen-bond acceptors (Lipinski definition) is 5. The molecule has 2 aromatic rings. The molecule has 1 unspecified atom stereocenters. The Hall–Kier alpha value is -2.19. The number of benzene rings is 1. The highest BCUT2D eigenvalue weighted by atomic mass is 32.2. The summed E-state index contributed by atoms with van der Waals surface area (Å²) in [6.07, 6.45) is 3.93. The lowest BCUT2D eigenvalue weighted by Gasteiger charge is -2.23. The summed E-state index contributed by atoms with van der Waals surface area (Å²) in [6, 6.07) is 9.08. The van der Waals surface area contributed by atoms with Gasteiger partial charge in [-0.2, -0.15) is 0 Å². The Morgan fingerprint density at radius 1 is 1.36 bits per heavy atom. The molecule has 1 fully saturated rings. The van der Waals surface area contributed by atoms with Gasteiger partial charge in [0.2, 0.25) is 15.9 Å². The number of carbonyl (C=O) groups is 1. The maximum absolute atomic E-state index is 12.3. The van der Waals surface area contributed by atoms with Gasteiger partial charge >= 0.3 is 0 Å². The number of para-hydroxylation sites is 1. The molecule has 0 bridgehead atoms. The third kappa shape index (κ3) is 4.08. The minimum atomic E-state index is -3.52. The van der Waals surface area contributed by atoms with Crippen molar-refractivity contribution in [3.8, 4) is 0 Å². The quantitative estimate of drug-likeness (QED) is 0.836. The molecule has 1 aromatic carbocycles. The summed E-state index contributed by atoms with van der Waals surface area (Å²) in [5.74, 6) is -0.193. The van der Waals surface area contributed by atoms with Gasteiger partial charge in [-0.1, -0.05) is 18.2 Å². The van der Waals surface area contributed by atoms with Gasteiger partial charge in [-0.05, 0) is 25.0 Å². The molecule has 1 saturated heterocycles. The van der Waals surface area contributed by atoms with Crippen molar-refractivity contribution in [2.75, 3.05) is 30.3 Å². The van der Waals surface area contributed by atoms with Crippen LogP contribution in [0.1, 0.15) is 12.8 Å². The van der Waals surface area contributed by atoms with E-state index >= 15 is 0 Å². The predicted octanol–water partition coefficient (Wildman–Crippen LogP) is 1.30. The Morgan fingerprint density at radius 3 is 2.88 bits per heavy atom. The Kier molecular flexibility index (Phi) is 5.19. The SMILES string of the molecule is CS(=O)(=O)N(CCNC(=O)C1CCCO1)c1cccc2cccnc12. The highest BCUT2D eigenvalue weighted by Gasteiger charge is 2.24. The number of amides is 1. The Labute approximate surface area is 147 Å². The van der Waals surface area contributed by atoms with Gasteiger partial charge in [0.05, 0.1) is 24.0 Å². The first kappa shape index (κ1) is 17.6. The molecule has 1 N–H and O–H groups in total. The van der Waals surface area contributed by atoms with Crippen LogP contribution in [0.25, 0.3) is 10.9 Å². The fourth-order valence-electron chi connectivity index (χ4n) is 2.93. The summed E-state index contributed by atoms with van der Waals surface area (Å²) in [5, 5.41) is 3.61. The number of fused-ring (bicyclic) bond motifs is 1. The minimum absolute atomic E-state index is 0.132. The van der Waals surface area contributed by atoms with Gasteiger partial charge in [0.1, 0.15) is 6.10 Å². The minimum Gasteiger partial charge on any atom is -0.368 e. The van der Waals surface area contributed by atoms with Crippen LogP contribution in [0.3, 0.4) is 0 Å². The zero-order chi connectivity index (χ0) is 17.9. The number of rotatable bonds is 6. The number of anilines is 1. The lowest BCUT2D eigenvalue weighted by Crippen LogP contribution is -2.41. The van der Waals surface area contributed by atoms with Crippen LogP contribution >= 0.6 is 0 Å². The third-order valence-electron chi connectivity index (χ3n) is 4.12. The molecular weight excluding hydrogens is 342 g/mol. The molecule has 1 amide bonds. The average molecular weight is 363 g/mol. The largest absolute Gasteiger partial charge is 0.368 e. The lowest BCUT2D eigenvalue weighted by atomic mass is 10.2. The molecule has 1 aromatic heterocycles. The molecule has 0 saturated carbocycles. The molecule has 0 spiro atoms. The van der Waals surface area contributed by atoms with Crippen molar-refractivity contribution in [1.29, 1.82) is 0 Å². The smallest absolute Gasteiger partial charge is 0.249 e. The number of hydrogen-bond donors (Lipinski definition) is 1. The topological polar surface area (TPSA) is 88.6 Å². The van der Waals surface area contributed by atoms with Crippen molar-refractivity contribution in [2.45, 2.75) is 18.9 Å². The molecular formula is C17H21N3O4S. The van der Waals surface area contributed by atoms with Crippen molar-refractivity contribution >= 4 is 32.5 Å². The predicted molar refractivity (Wildman–Crippen MR) is 95.9 cm³/mol. The third-order valence-corrected chi connectivity index (χ3v) is 5.30. The van der Waals surface area contributed by atoms with Gasteiger partial charge in [-0.25, -0.2) is 8.42 Å². The van der Waals surface area contributed by atoms with Crippen molar-refractivity contribution in [3.05, 3.63) is 36.5 Å². The van der Waals surface area contributed by atoms with E-state index in [1.807, 2.05) is 12.1 Å². The second-order valence-electron chi connectivity index (χ2n) is 5.98. The number of ether oxygens (including phenoxy) is 1. The molecule has 134 valence electrons. The van der Waals surface area contributed by atoms with Crippen LogP contribution < -0.4 is 9.62 Å². The van der Waals surface area contributed by atoms with Crippen LogP contribution in [-0.4, -0.2) is 51.4 Å². The van der Waals surface area contributed by atoms with Crippen LogP contribution in [0.2, 0.25) is 0 Å². The van der Waals surface area contributed by atoms with Crippen molar-refractivity contribution < 1.29 is 17.9 Å². The highest BCUT2D eigenvalue weighted by molar-refractivity contribution is 7.92. The van der Waals surface area contributed by atoms with Crippen LogP contribution in [-0.2, 0) is 19.6 Å². The summed E-state index contributed by atoms with van der Waals surface area (Å²) in [7, 11) is -3.52. The Balaban J connectivity index is 1.77. The monoisotopic (exact) mass is 363 g/mol. The molecule has 3 rings (SSSR count). The van der Waals surface area contributed by atoms with E-state index in [0.717, 1.165) is 18.1 Å². The Bertz CT molecular complexity index is 858. The fourth-order valence-corrected chi connectivity index (χ4v) is 3.86. The second kappa shape index (κ2) is 7.37. The van der Waals surface area contributed by atoms with Gasteiger partial charge in [-0.15, -0.1) is 0 Å². The van der Waals surface area contributed by atoms with E-state index in [1.54, 1.807) is 24.4 Å². The normalized spacial score (nSPS) is 17.6. The van der Waals surface area contributed by atoms with E-state index < -0.39 is 16.1 Å². The molecule has 25 heavy (non-hydrogen) atoms. The Morgan fingerprint density at radius 2 is 2.16 bits per heavy atom. The van der Waals surface area contributed by atoms with Gasteiger partial charge in [0, 0.05) is 24.7 Å². The summed E-state index contributed by atoms with van der Waals surface area (Å²) < 4.78 is 31.1. The van der Waals surface area contributed by atoms with Crippen LogP contribution in [0.5, 0.6) is 0 Å². The maximum Gasteiger partial charge on any atom is 0.249 e. The first-order valence-electron chi connectivity index (χ1n) is 8.17. The van der Waals surface area contributed by atoms with E-state index in [1.165, 1.54) is 4.31 Å². The second-order valence-corrected chi connectivity index (χ2v) is 7.89. The highest BCUT2D eigenvalue weighted by Crippen LogP contribution is 2.26. The van der Waals surface area contributed by atoms with Gasteiger partial charge in [-0.3, -0.25) is 14.1 Å². The van der Waals surface area contributed by atoms with E-state index in [4.69, 9.17) is 4.74 Å². The number of sulfonamides is 1. The zero-order valence-electron chi connectivity index (χ0n) is 14.0. The number of nitrogens with zero attached hydrogens (tertiary/aromatic N) is 2. The number of carbonyl (C=O) groups excluding carboxylic acids is 1. The summed E-state index contributed by atoms with van der Waals surface area (Å²) in [4.78, 5) is 16.3. The lowest BCUT2D eigenvalue weighted by molar-refractivity contribution is -0.129. The zero-order valence-corrected chi connectivity index (χ0v) is 14.8. The summed E-state index contributed by atoms with van der Waals surface area (Å²) in [5.41, 5.74) is 1.12. The standard InChI is InChI=1S/C17H21N3O4S/c1-25(22,23)20(11-10-19-17(21)15-8-4-12-24-15)14-7-2-5-13-6-3-9-18-16(13)14/h2-3,5-7,9,15H,4,8,10-12H2,1H3,(H,19,21). The van der Waals surface area contributed by atoms with Crippen molar-refractivity contribution in [1.82, 2.24) is 10.3 Å². The van der Waals surface area contributed by atoms with E-state index in [9.17, 15) is 13.2 Å². The van der Waals surface area contributed by atoms with Crippen LogP contribution in [0.4, 0.5) is 5.69 Å². The molecule has 8 heteroatoms. The van der Waals surface area contributed by atoms with Gasteiger partial charge in [0.15, 0.2) is 0 Å². The first-order chi connectivity index (χ1) is 12.0. The van der Waals surface area contributed by atoms with E-state index in [0.29, 0.717) is 24.2 Å². The molecule has 1 aliphatic heterocycles. The molecule has 1 atom stereocenters. The summed E-state index contributed by atoms with van der Waals surface area (Å²) in [6.45, 7) is 0.928. The molecule has 0 radical (unpaired) electrons. The van der Waals surface area contributed by atoms with E-state index in [2.05, 4.69) is 10.3 Å². The van der Waals surface area contributed by atoms with Gasteiger partial charge < -0.3 is 10.1 Å². The molecule has 0 aliphatic carbocycles. The summed E-state index contributed by atoms with van der Waals surface area (Å²) >= 11 is 0. The number of pyridine rings is 1. The van der Waals surface area contributed by atoms with Gasteiger partial charge in [0.25, 0.3) is 0 Å². The van der Waals surface area contributed by atoms with Crippen LogP contribution in [0.15, 0.2) is 36.5 Å². The fraction of sp³-hybridized carbons (Fsp3) is 0.412. The molecule has 1 aliphatic rings. The maximum atomic E-state index is 12.3. The number of nitrogens with one attached hydrogen (secondary N) is 1. The molecule has 7 nitrogen and oxygen atoms in total. The van der Waals surface area contributed by atoms with Crippen molar-refractivity contribution in [3.63, 3.8) is 0 Å². The number of aromatic nitrogens is 1. The first-order valence-corrected chi connectivity index (χ1v) is 10.0. The van der Waals surface area contributed by atoms with E-state index in [-0.39, 0.29) is 19.0 Å². The van der Waals surface area contributed by atoms with Crippen molar-refractivity contribution in [2.24, 2.45) is 0 Å². The molecule has 2 heterocycles. The van der Waals surface area contributed by atoms with Crippen LogP contribution in [0, 0.1) is 0 Å².